The molecular formula is C15H16ClN3O3S. The maximum absolute atomic E-state index is 12.6. The molecule has 1 aliphatic heterocycles. The number of rotatable bonds is 3. The van der Waals surface area contributed by atoms with Crippen LogP contribution in [0.4, 0.5) is 0 Å². The van der Waals surface area contributed by atoms with Crippen LogP contribution in [0, 0.1) is 5.92 Å². The Kier molecular flexibility index (Phi) is 4.27. The highest BCUT2D eigenvalue weighted by atomic mass is 35.5. The van der Waals surface area contributed by atoms with E-state index in [0.717, 1.165) is 5.39 Å². The fraction of sp³-hybridized carbons (Fsp3) is 0.333. The van der Waals surface area contributed by atoms with Crippen molar-refractivity contribution in [2.24, 2.45) is 11.1 Å². The zero-order valence-corrected chi connectivity index (χ0v) is 13.8. The van der Waals surface area contributed by atoms with E-state index in [-0.39, 0.29) is 17.6 Å². The van der Waals surface area contributed by atoms with Crippen molar-refractivity contribution in [1.29, 1.82) is 0 Å². The molecule has 23 heavy (non-hydrogen) atoms. The molecular weight excluding hydrogens is 338 g/mol. The number of fused-ring (bicyclic) bond motifs is 1. The largest absolute Gasteiger partial charge is 0.337 e. The first kappa shape index (κ1) is 16.2. The molecule has 0 spiro atoms. The minimum absolute atomic E-state index is 0.103. The highest BCUT2D eigenvalue weighted by molar-refractivity contribution is 7.89. The van der Waals surface area contributed by atoms with Gasteiger partial charge in [0.05, 0.1) is 16.3 Å². The van der Waals surface area contributed by atoms with Gasteiger partial charge in [-0.2, -0.15) is 0 Å². The fourth-order valence-electron chi connectivity index (χ4n) is 2.87. The lowest BCUT2D eigenvalue weighted by Crippen LogP contribution is -2.31. The number of nitrogens with zero attached hydrogens (tertiary/aromatic N) is 2. The highest BCUT2D eigenvalue weighted by Crippen LogP contribution is 2.23. The number of likely N-dealkylation sites (tertiary alicyclic amines) is 1. The normalized spacial score (nSPS) is 18.5. The zero-order valence-electron chi connectivity index (χ0n) is 12.3. The molecule has 6 nitrogen and oxygen atoms in total. The van der Waals surface area contributed by atoms with Crippen LogP contribution in [0.3, 0.4) is 0 Å². The molecule has 2 heterocycles. The summed E-state index contributed by atoms with van der Waals surface area (Å²) in [5, 5.41) is 6.42. The van der Waals surface area contributed by atoms with Gasteiger partial charge in [-0.15, -0.1) is 0 Å². The molecule has 0 saturated carbocycles. The molecule has 0 aliphatic carbocycles. The lowest BCUT2D eigenvalue weighted by molar-refractivity contribution is 0.0783. The Morgan fingerprint density at radius 1 is 1.35 bits per heavy atom. The van der Waals surface area contributed by atoms with Gasteiger partial charge in [-0.3, -0.25) is 4.79 Å². The van der Waals surface area contributed by atoms with Crippen LogP contribution in [-0.4, -0.2) is 43.1 Å². The van der Waals surface area contributed by atoms with E-state index in [1.54, 1.807) is 23.1 Å². The molecule has 1 aromatic heterocycles. The molecule has 2 N–H and O–H groups in total. The van der Waals surface area contributed by atoms with Gasteiger partial charge in [-0.25, -0.2) is 18.5 Å². The number of benzene rings is 1. The number of hydrogen-bond acceptors (Lipinski definition) is 4. The van der Waals surface area contributed by atoms with E-state index < -0.39 is 10.0 Å². The van der Waals surface area contributed by atoms with Crippen LogP contribution in [0.1, 0.15) is 16.9 Å². The van der Waals surface area contributed by atoms with E-state index in [2.05, 4.69) is 4.98 Å². The van der Waals surface area contributed by atoms with Gasteiger partial charge in [0.2, 0.25) is 10.0 Å². The second kappa shape index (κ2) is 6.07. The molecule has 0 radical (unpaired) electrons. The summed E-state index contributed by atoms with van der Waals surface area (Å²) in [5.41, 5.74) is 0.891. The predicted molar refractivity (Wildman–Crippen MR) is 88.7 cm³/mol. The lowest BCUT2D eigenvalue weighted by atomic mass is 10.2. The lowest BCUT2D eigenvalue weighted by Gasteiger charge is -2.16. The third kappa shape index (κ3) is 3.63. The van der Waals surface area contributed by atoms with Crippen LogP contribution >= 0.6 is 11.6 Å². The summed E-state index contributed by atoms with van der Waals surface area (Å²) in [7, 11) is -3.53. The number of amides is 1. The first-order valence-electron chi connectivity index (χ1n) is 7.18. The first-order valence-corrected chi connectivity index (χ1v) is 9.28. The fourth-order valence-corrected chi connectivity index (χ4v) is 4.03. The zero-order chi connectivity index (χ0) is 16.6. The quantitative estimate of drug-likeness (QED) is 0.907. The summed E-state index contributed by atoms with van der Waals surface area (Å²) in [6.45, 7) is 0.874. The van der Waals surface area contributed by atoms with E-state index in [0.29, 0.717) is 35.7 Å². The van der Waals surface area contributed by atoms with Gasteiger partial charge in [0.1, 0.15) is 5.69 Å². The molecule has 122 valence electrons. The second-order valence-electron chi connectivity index (χ2n) is 5.74. The number of para-hydroxylation sites is 1. The molecule has 8 heteroatoms. The molecule has 1 amide bonds. The monoisotopic (exact) mass is 353 g/mol. The highest BCUT2D eigenvalue weighted by Gasteiger charge is 2.29. The summed E-state index contributed by atoms with van der Waals surface area (Å²) in [6.07, 6.45) is 0.622. The maximum Gasteiger partial charge on any atom is 0.272 e. The number of carbonyl (C=O) groups is 1. The standard InChI is InChI=1S/C15H16ClN3O3S/c16-12-3-1-2-11-4-5-13(18-14(11)12)15(20)19-7-6-10(8-19)9-23(17,21)22/h1-5,10H,6-9H2,(H2,17,21,22)/t10-/m0/s1. The van der Waals surface area contributed by atoms with Crippen molar-refractivity contribution < 1.29 is 13.2 Å². The number of sulfonamides is 1. The Labute approximate surface area is 139 Å². The van der Waals surface area contributed by atoms with E-state index in [1.165, 1.54) is 0 Å². The molecule has 0 bridgehead atoms. The number of primary sulfonamides is 1. The molecule has 1 fully saturated rings. The van der Waals surface area contributed by atoms with Gasteiger partial charge in [0, 0.05) is 18.5 Å². The van der Waals surface area contributed by atoms with Crippen molar-refractivity contribution in [3.63, 3.8) is 0 Å². The predicted octanol–water partition coefficient (Wildman–Crippen LogP) is 1.64. The van der Waals surface area contributed by atoms with Crippen molar-refractivity contribution in [3.05, 3.63) is 41.0 Å². The van der Waals surface area contributed by atoms with Crippen molar-refractivity contribution in [3.8, 4) is 0 Å². The van der Waals surface area contributed by atoms with E-state index in [9.17, 15) is 13.2 Å². The summed E-state index contributed by atoms with van der Waals surface area (Å²) < 4.78 is 22.3. The first-order chi connectivity index (χ1) is 10.8. The SMILES string of the molecule is NS(=O)(=O)C[C@H]1CCN(C(=O)c2ccc3cccc(Cl)c3n2)C1. The number of hydrogen-bond donors (Lipinski definition) is 1. The Balaban J connectivity index is 1.80. The Bertz CT molecular complexity index is 869. The average molecular weight is 354 g/mol. The van der Waals surface area contributed by atoms with Crippen LogP contribution in [0.2, 0.25) is 5.02 Å². The van der Waals surface area contributed by atoms with Crippen LogP contribution in [-0.2, 0) is 10.0 Å². The summed E-state index contributed by atoms with van der Waals surface area (Å²) in [6, 6.07) is 8.89. The second-order valence-corrected chi connectivity index (χ2v) is 7.81. The van der Waals surface area contributed by atoms with Crippen LogP contribution < -0.4 is 5.14 Å². The van der Waals surface area contributed by atoms with Crippen LogP contribution in [0.5, 0.6) is 0 Å². The number of carbonyl (C=O) groups excluding carboxylic acids is 1. The molecule has 2 aromatic rings. The number of pyridine rings is 1. The Hall–Kier alpha value is -1.70. The van der Waals surface area contributed by atoms with E-state index in [4.69, 9.17) is 16.7 Å². The van der Waals surface area contributed by atoms with Gasteiger partial charge in [-0.1, -0.05) is 29.8 Å². The van der Waals surface area contributed by atoms with Crippen molar-refractivity contribution >= 4 is 38.4 Å². The van der Waals surface area contributed by atoms with Crippen LogP contribution in [0.15, 0.2) is 30.3 Å². The van der Waals surface area contributed by atoms with Gasteiger partial charge >= 0.3 is 0 Å². The number of halogens is 1. The average Bonchev–Trinajstić information content (AvgIpc) is 2.93. The Morgan fingerprint density at radius 2 is 2.13 bits per heavy atom. The molecule has 1 aliphatic rings. The van der Waals surface area contributed by atoms with Gasteiger partial charge < -0.3 is 4.90 Å². The number of nitrogens with two attached hydrogens (primary N) is 1. The maximum atomic E-state index is 12.6. The third-order valence-electron chi connectivity index (χ3n) is 3.93. The van der Waals surface area contributed by atoms with Crippen LogP contribution in [0.25, 0.3) is 10.9 Å². The van der Waals surface area contributed by atoms with E-state index >= 15 is 0 Å². The van der Waals surface area contributed by atoms with Gasteiger partial charge in [0.25, 0.3) is 5.91 Å². The minimum atomic E-state index is -3.53. The molecule has 1 aromatic carbocycles. The smallest absolute Gasteiger partial charge is 0.272 e. The topological polar surface area (TPSA) is 93.4 Å². The van der Waals surface area contributed by atoms with Gasteiger partial charge in [-0.05, 0) is 24.5 Å². The van der Waals surface area contributed by atoms with Crippen molar-refractivity contribution in [1.82, 2.24) is 9.88 Å². The van der Waals surface area contributed by atoms with Crippen molar-refractivity contribution in [2.45, 2.75) is 6.42 Å². The minimum Gasteiger partial charge on any atom is -0.337 e. The van der Waals surface area contributed by atoms with Crippen molar-refractivity contribution in [2.75, 3.05) is 18.8 Å². The van der Waals surface area contributed by atoms with Gasteiger partial charge in [0.15, 0.2) is 0 Å². The molecule has 0 unspecified atom stereocenters. The van der Waals surface area contributed by atoms with E-state index in [1.807, 2.05) is 12.1 Å². The summed E-state index contributed by atoms with van der Waals surface area (Å²) in [5.74, 6) is -0.449. The molecule has 1 saturated heterocycles. The Morgan fingerprint density at radius 3 is 2.87 bits per heavy atom. The number of aromatic nitrogens is 1. The third-order valence-corrected chi connectivity index (χ3v) is 5.17. The summed E-state index contributed by atoms with van der Waals surface area (Å²) >= 11 is 6.12. The molecule has 3 rings (SSSR count). The summed E-state index contributed by atoms with van der Waals surface area (Å²) in [4.78, 5) is 18.5. The molecule has 1 atom stereocenters.